The second-order valence-corrected chi connectivity index (χ2v) is 7.06. The van der Waals surface area contributed by atoms with Crippen molar-refractivity contribution in [3.8, 4) is 11.4 Å². The zero-order valence-corrected chi connectivity index (χ0v) is 16.9. The number of methoxy groups -OCH3 is 1. The Morgan fingerprint density at radius 1 is 1.17 bits per heavy atom. The minimum absolute atomic E-state index is 0.269. The van der Waals surface area contributed by atoms with Crippen LogP contribution < -0.4 is 16.0 Å². The van der Waals surface area contributed by atoms with E-state index in [4.69, 9.17) is 4.74 Å². The molecule has 0 saturated heterocycles. The van der Waals surface area contributed by atoms with Crippen molar-refractivity contribution in [1.29, 1.82) is 0 Å². The summed E-state index contributed by atoms with van der Waals surface area (Å²) in [5.74, 6) is 0.931. The lowest BCUT2D eigenvalue weighted by Crippen LogP contribution is -2.40. The van der Waals surface area contributed by atoms with E-state index in [1.54, 1.807) is 18.6 Å². The summed E-state index contributed by atoms with van der Waals surface area (Å²) in [4.78, 5) is 42.0. The number of Topliss-reactive ketones (excluding diaryl/α,β-unsaturated/α-hetero) is 1. The summed E-state index contributed by atoms with van der Waals surface area (Å²) in [7, 11) is 3.14. The van der Waals surface area contributed by atoms with Gasteiger partial charge in [0.1, 0.15) is 11.5 Å². The molecule has 0 spiro atoms. The highest BCUT2D eigenvalue weighted by Gasteiger charge is 2.23. The van der Waals surface area contributed by atoms with Crippen LogP contribution in [-0.4, -0.2) is 36.0 Å². The maximum Gasteiger partial charge on any atom is 0.332 e. The van der Waals surface area contributed by atoms with E-state index in [1.807, 2.05) is 42.7 Å². The van der Waals surface area contributed by atoms with Gasteiger partial charge in [0.15, 0.2) is 11.2 Å². The third-order valence-electron chi connectivity index (χ3n) is 5.21. The van der Waals surface area contributed by atoms with E-state index in [-0.39, 0.29) is 23.5 Å². The van der Waals surface area contributed by atoms with Crippen LogP contribution in [0.2, 0.25) is 0 Å². The van der Waals surface area contributed by atoms with Gasteiger partial charge in [-0.3, -0.25) is 27.7 Å². The Hall–Kier alpha value is -3.62. The number of ketones is 1. The van der Waals surface area contributed by atoms with Crippen LogP contribution in [0.3, 0.4) is 0 Å². The van der Waals surface area contributed by atoms with E-state index in [0.29, 0.717) is 11.5 Å². The number of benzene rings is 1. The topological polar surface area (TPSA) is 92.5 Å². The van der Waals surface area contributed by atoms with Gasteiger partial charge in [-0.1, -0.05) is 6.07 Å². The molecule has 0 radical (unpaired) electrons. The second-order valence-electron chi connectivity index (χ2n) is 7.06. The van der Waals surface area contributed by atoms with Gasteiger partial charge in [-0.2, -0.15) is 4.98 Å². The van der Waals surface area contributed by atoms with Crippen LogP contribution in [0.4, 0.5) is 0 Å². The molecule has 0 atom stereocenters. The Bertz CT molecular complexity index is 1420. The molecule has 0 fully saturated rings. The predicted octanol–water partition coefficient (Wildman–Crippen LogP) is 1.35. The molecule has 4 rings (SSSR count). The Morgan fingerprint density at radius 2 is 1.90 bits per heavy atom. The fourth-order valence-electron chi connectivity index (χ4n) is 3.67. The number of nitrogens with zero attached hydrogens (tertiary/aromatic N) is 5. The summed E-state index contributed by atoms with van der Waals surface area (Å²) in [5.41, 5.74) is 1.98. The van der Waals surface area contributed by atoms with Crippen molar-refractivity contribution < 1.29 is 9.53 Å². The summed E-state index contributed by atoms with van der Waals surface area (Å²) in [6.45, 7) is 4.89. The summed E-state index contributed by atoms with van der Waals surface area (Å²) >= 11 is 0. The maximum atomic E-state index is 13.1. The Kier molecular flexibility index (Phi) is 4.18. The third kappa shape index (κ3) is 2.61. The van der Waals surface area contributed by atoms with Crippen LogP contribution in [0.25, 0.3) is 22.6 Å². The molecule has 0 amide bonds. The summed E-state index contributed by atoms with van der Waals surface area (Å²) in [6.07, 6.45) is 0. The van der Waals surface area contributed by atoms with Gasteiger partial charge < -0.3 is 4.74 Å². The minimum Gasteiger partial charge on any atom is -0.497 e. The van der Waals surface area contributed by atoms with E-state index < -0.39 is 11.2 Å². The lowest BCUT2D eigenvalue weighted by molar-refractivity contribution is -0.117. The summed E-state index contributed by atoms with van der Waals surface area (Å²) < 4.78 is 11.2. The van der Waals surface area contributed by atoms with Crippen LogP contribution in [0.5, 0.6) is 5.75 Å². The van der Waals surface area contributed by atoms with Crippen molar-refractivity contribution in [1.82, 2.24) is 23.1 Å². The highest BCUT2D eigenvalue weighted by atomic mass is 16.5. The zero-order valence-electron chi connectivity index (χ0n) is 16.9. The number of carbonyl (C=O) groups excluding carboxylic acids is 1. The van der Waals surface area contributed by atoms with E-state index >= 15 is 0 Å². The fourth-order valence-corrected chi connectivity index (χ4v) is 3.67. The number of ether oxygens (including phenoxy) is 1. The SMILES string of the molecule is COc1cccc(-n2c(C)c(C)n3c4c(=O)n(CC(C)=O)c(=O)n(C)c4nc23)c1. The average Bonchev–Trinajstić information content (AvgIpc) is 3.19. The Labute approximate surface area is 165 Å². The van der Waals surface area contributed by atoms with Gasteiger partial charge in [0.05, 0.1) is 19.3 Å². The first-order valence-corrected chi connectivity index (χ1v) is 9.10. The first-order chi connectivity index (χ1) is 13.8. The predicted molar refractivity (Wildman–Crippen MR) is 108 cm³/mol. The lowest BCUT2D eigenvalue weighted by atomic mass is 10.3. The maximum absolute atomic E-state index is 13.1. The molecular weight excluding hydrogens is 374 g/mol. The minimum atomic E-state index is -0.569. The summed E-state index contributed by atoms with van der Waals surface area (Å²) in [5, 5.41) is 0. The molecule has 1 aromatic carbocycles. The lowest BCUT2D eigenvalue weighted by Gasteiger charge is -2.08. The molecule has 0 bridgehead atoms. The van der Waals surface area contributed by atoms with E-state index in [0.717, 1.165) is 21.6 Å². The van der Waals surface area contributed by atoms with E-state index in [2.05, 4.69) is 4.98 Å². The first-order valence-electron chi connectivity index (χ1n) is 9.10. The number of aryl methyl sites for hydroxylation is 2. The number of rotatable bonds is 4. The molecule has 0 aliphatic heterocycles. The van der Waals surface area contributed by atoms with Crippen molar-refractivity contribution in [3.63, 3.8) is 0 Å². The van der Waals surface area contributed by atoms with Gasteiger partial charge in [0.2, 0.25) is 5.78 Å². The van der Waals surface area contributed by atoms with Crippen LogP contribution >= 0.6 is 0 Å². The normalized spacial score (nSPS) is 11.5. The van der Waals surface area contributed by atoms with E-state index in [1.165, 1.54) is 11.5 Å². The van der Waals surface area contributed by atoms with Crippen LogP contribution in [0.1, 0.15) is 18.3 Å². The average molecular weight is 395 g/mol. The monoisotopic (exact) mass is 395 g/mol. The Balaban J connectivity index is 2.16. The smallest absolute Gasteiger partial charge is 0.332 e. The van der Waals surface area contributed by atoms with Crippen LogP contribution in [-0.2, 0) is 18.4 Å². The van der Waals surface area contributed by atoms with Gasteiger partial charge in [-0.25, -0.2) is 4.79 Å². The highest BCUT2D eigenvalue weighted by Crippen LogP contribution is 2.26. The molecule has 0 aliphatic carbocycles. The van der Waals surface area contributed by atoms with Crippen molar-refractivity contribution in [2.45, 2.75) is 27.3 Å². The number of hydrogen-bond acceptors (Lipinski definition) is 5. The molecule has 0 unspecified atom stereocenters. The standard InChI is InChI=1S/C20H21N5O4/c1-11(26)10-23-18(27)16-17(22(4)20(23)28)21-19-24(12(2)13(3)25(16)19)14-7-6-8-15(9-14)29-5/h6-9H,10H2,1-5H3. The molecule has 150 valence electrons. The van der Waals surface area contributed by atoms with Crippen molar-refractivity contribution in [2.24, 2.45) is 7.05 Å². The Morgan fingerprint density at radius 3 is 2.55 bits per heavy atom. The van der Waals surface area contributed by atoms with Gasteiger partial charge in [-0.05, 0) is 32.9 Å². The van der Waals surface area contributed by atoms with Crippen molar-refractivity contribution in [3.05, 3.63) is 56.5 Å². The van der Waals surface area contributed by atoms with Crippen LogP contribution in [0, 0.1) is 13.8 Å². The van der Waals surface area contributed by atoms with Crippen molar-refractivity contribution in [2.75, 3.05) is 7.11 Å². The second kappa shape index (κ2) is 6.47. The van der Waals surface area contributed by atoms with Gasteiger partial charge in [-0.15, -0.1) is 0 Å². The largest absolute Gasteiger partial charge is 0.497 e. The molecule has 0 aliphatic rings. The van der Waals surface area contributed by atoms with Crippen LogP contribution in [0.15, 0.2) is 33.9 Å². The van der Waals surface area contributed by atoms with E-state index in [9.17, 15) is 14.4 Å². The van der Waals surface area contributed by atoms with Gasteiger partial charge in [0.25, 0.3) is 5.56 Å². The number of aromatic nitrogens is 5. The number of fused-ring (bicyclic) bond motifs is 3. The number of imidazole rings is 2. The van der Waals surface area contributed by atoms with Crippen molar-refractivity contribution >= 4 is 22.7 Å². The molecule has 0 N–H and O–H groups in total. The molecule has 29 heavy (non-hydrogen) atoms. The highest BCUT2D eigenvalue weighted by molar-refractivity contribution is 5.79. The quantitative estimate of drug-likeness (QED) is 0.520. The number of carbonyl (C=O) groups is 1. The summed E-state index contributed by atoms with van der Waals surface area (Å²) in [6, 6.07) is 7.51. The zero-order chi connectivity index (χ0) is 21.0. The fraction of sp³-hybridized carbons (Fsp3) is 0.300. The third-order valence-corrected chi connectivity index (χ3v) is 5.21. The molecule has 3 heterocycles. The van der Waals surface area contributed by atoms with Gasteiger partial charge >= 0.3 is 5.69 Å². The molecule has 3 aromatic heterocycles. The molecule has 4 aromatic rings. The van der Waals surface area contributed by atoms with Gasteiger partial charge in [0, 0.05) is 24.5 Å². The molecule has 0 saturated carbocycles. The molecule has 9 heteroatoms. The molecule has 9 nitrogen and oxygen atoms in total. The molecular formula is C20H21N5O4. The number of hydrogen-bond donors (Lipinski definition) is 0. The first kappa shape index (κ1) is 18.7.